The minimum Gasteiger partial charge on any atom is -0.489 e. The Balaban J connectivity index is 1.51. The number of hydrazine groups is 1. The molecular formula is C20H16ClN3O3. The lowest BCUT2D eigenvalue weighted by Crippen LogP contribution is -2.41. The number of carbonyl (C=O) groups is 2. The number of ether oxygens (including phenoxy) is 1. The third kappa shape index (κ3) is 5.29. The van der Waals surface area contributed by atoms with Gasteiger partial charge in [0, 0.05) is 34.1 Å². The fourth-order valence-corrected chi connectivity index (χ4v) is 2.34. The van der Waals surface area contributed by atoms with E-state index in [4.69, 9.17) is 16.3 Å². The number of rotatable bonds is 5. The van der Waals surface area contributed by atoms with Crippen LogP contribution in [0, 0.1) is 0 Å². The molecule has 3 rings (SSSR count). The smallest absolute Gasteiger partial charge is 0.269 e. The molecule has 3 aromatic rings. The van der Waals surface area contributed by atoms with Crippen LogP contribution in [0.5, 0.6) is 5.75 Å². The molecule has 0 aliphatic heterocycles. The molecule has 0 atom stereocenters. The van der Waals surface area contributed by atoms with Crippen molar-refractivity contribution >= 4 is 23.4 Å². The lowest BCUT2D eigenvalue weighted by Gasteiger charge is -2.09. The van der Waals surface area contributed by atoms with Crippen LogP contribution in [-0.4, -0.2) is 16.8 Å². The summed E-state index contributed by atoms with van der Waals surface area (Å²) in [6, 6.07) is 16.7. The predicted molar refractivity (Wildman–Crippen MR) is 101 cm³/mol. The molecule has 7 heteroatoms. The van der Waals surface area contributed by atoms with Crippen LogP contribution in [0.3, 0.4) is 0 Å². The van der Waals surface area contributed by atoms with Crippen LogP contribution in [0.15, 0.2) is 73.1 Å². The van der Waals surface area contributed by atoms with Crippen molar-refractivity contribution in [1.82, 2.24) is 15.8 Å². The molecule has 1 aromatic heterocycles. The van der Waals surface area contributed by atoms with E-state index in [0.717, 1.165) is 5.56 Å². The Bertz CT molecular complexity index is 913. The number of nitrogens with zero attached hydrogens (tertiary/aromatic N) is 1. The fraction of sp³-hybridized carbons (Fsp3) is 0.0500. The van der Waals surface area contributed by atoms with Gasteiger partial charge < -0.3 is 4.74 Å². The Morgan fingerprint density at radius 3 is 2.04 bits per heavy atom. The molecule has 0 radical (unpaired) electrons. The van der Waals surface area contributed by atoms with Crippen molar-refractivity contribution in [2.24, 2.45) is 0 Å². The molecule has 0 bridgehead atoms. The number of benzene rings is 2. The van der Waals surface area contributed by atoms with E-state index >= 15 is 0 Å². The summed E-state index contributed by atoms with van der Waals surface area (Å²) < 4.78 is 5.64. The normalized spacial score (nSPS) is 10.1. The van der Waals surface area contributed by atoms with Gasteiger partial charge in [0.05, 0.1) is 0 Å². The van der Waals surface area contributed by atoms with E-state index in [9.17, 15) is 9.59 Å². The van der Waals surface area contributed by atoms with E-state index in [2.05, 4.69) is 15.8 Å². The van der Waals surface area contributed by atoms with Crippen molar-refractivity contribution in [2.45, 2.75) is 6.61 Å². The van der Waals surface area contributed by atoms with Gasteiger partial charge in [-0.25, -0.2) is 0 Å². The average Bonchev–Trinajstić information content (AvgIpc) is 2.72. The maximum atomic E-state index is 12.1. The Morgan fingerprint density at radius 2 is 1.48 bits per heavy atom. The number of amides is 2. The second-order valence-corrected chi connectivity index (χ2v) is 6.03. The molecule has 2 aromatic carbocycles. The highest BCUT2D eigenvalue weighted by molar-refractivity contribution is 6.30. The quantitative estimate of drug-likeness (QED) is 0.664. The molecule has 0 saturated heterocycles. The van der Waals surface area contributed by atoms with E-state index < -0.39 is 11.8 Å². The van der Waals surface area contributed by atoms with Crippen LogP contribution >= 0.6 is 11.6 Å². The van der Waals surface area contributed by atoms with Gasteiger partial charge in [0.15, 0.2) is 0 Å². The van der Waals surface area contributed by atoms with E-state index in [1.54, 1.807) is 60.9 Å². The van der Waals surface area contributed by atoms with E-state index in [1.807, 2.05) is 12.1 Å². The Labute approximate surface area is 161 Å². The van der Waals surface area contributed by atoms with E-state index in [0.29, 0.717) is 28.5 Å². The number of halogens is 1. The minimum absolute atomic E-state index is 0.385. The fourth-order valence-electron chi connectivity index (χ4n) is 2.21. The summed E-state index contributed by atoms with van der Waals surface area (Å²) in [5.41, 5.74) is 6.45. The van der Waals surface area contributed by atoms with E-state index in [1.165, 1.54) is 0 Å². The minimum atomic E-state index is -0.434. The molecule has 0 aliphatic rings. The summed E-state index contributed by atoms with van der Waals surface area (Å²) in [7, 11) is 0. The van der Waals surface area contributed by atoms with Gasteiger partial charge in [0.25, 0.3) is 11.8 Å². The van der Waals surface area contributed by atoms with Gasteiger partial charge in [-0.3, -0.25) is 25.4 Å². The summed E-state index contributed by atoms with van der Waals surface area (Å²) >= 11 is 5.78. The SMILES string of the molecule is O=C(NNC(=O)c1ccc(OCc2cccnc2)cc1)c1ccc(Cl)cc1. The number of hydrogen-bond donors (Lipinski definition) is 2. The maximum absolute atomic E-state index is 12.1. The van der Waals surface area contributed by atoms with Gasteiger partial charge in [-0.15, -0.1) is 0 Å². The van der Waals surface area contributed by atoms with E-state index in [-0.39, 0.29) is 0 Å². The van der Waals surface area contributed by atoms with Crippen LogP contribution in [-0.2, 0) is 6.61 Å². The molecule has 0 unspecified atom stereocenters. The number of hydrogen-bond acceptors (Lipinski definition) is 4. The first-order valence-electron chi connectivity index (χ1n) is 8.10. The number of aromatic nitrogens is 1. The molecule has 136 valence electrons. The molecule has 0 spiro atoms. The van der Waals surface area contributed by atoms with Gasteiger partial charge in [0.1, 0.15) is 12.4 Å². The molecule has 0 fully saturated rings. The number of nitrogens with one attached hydrogen (secondary N) is 2. The van der Waals surface area contributed by atoms with Gasteiger partial charge >= 0.3 is 0 Å². The van der Waals surface area contributed by atoms with Crippen LogP contribution in [0.4, 0.5) is 0 Å². The standard InChI is InChI=1S/C20H16ClN3O3/c21-17-7-3-15(4-8-17)19(25)23-24-20(26)16-5-9-18(10-6-16)27-13-14-2-1-11-22-12-14/h1-12H,13H2,(H,23,25)(H,24,26). The zero-order valence-electron chi connectivity index (χ0n) is 14.2. The first kappa shape index (κ1) is 18.4. The highest BCUT2D eigenvalue weighted by Crippen LogP contribution is 2.14. The van der Waals surface area contributed by atoms with Gasteiger partial charge in [-0.05, 0) is 54.6 Å². The third-order valence-corrected chi connectivity index (χ3v) is 3.89. The van der Waals surface area contributed by atoms with Crippen LogP contribution in [0.25, 0.3) is 0 Å². The number of pyridine rings is 1. The van der Waals surface area contributed by atoms with Crippen LogP contribution < -0.4 is 15.6 Å². The molecule has 0 aliphatic carbocycles. The third-order valence-electron chi connectivity index (χ3n) is 3.64. The summed E-state index contributed by atoms with van der Waals surface area (Å²) in [6.07, 6.45) is 3.42. The molecule has 27 heavy (non-hydrogen) atoms. The molecule has 0 saturated carbocycles. The monoisotopic (exact) mass is 381 g/mol. The zero-order chi connectivity index (χ0) is 19.1. The first-order valence-corrected chi connectivity index (χ1v) is 8.47. The lowest BCUT2D eigenvalue weighted by atomic mass is 10.2. The van der Waals surface area contributed by atoms with Crippen molar-refractivity contribution in [1.29, 1.82) is 0 Å². The van der Waals surface area contributed by atoms with Crippen molar-refractivity contribution in [3.8, 4) is 5.75 Å². The Hall–Kier alpha value is -3.38. The maximum Gasteiger partial charge on any atom is 0.269 e. The molecule has 2 N–H and O–H groups in total. The Morgan fingerprint density at radius 1 is 0.889 bits per heavy atom. The van der Waals surface area contributed by atoms with Crippen molar-refractivity contribution in [3.63, 3.8) is 0 Å². The largest absolute Gasteiger partial charge is 0.489 e. The van der Waals surface area contributed by atoms with Crippen molar-refractivity contribution in [3.05, 3.63) is 94.8 Å². The second-order valence-electron chi connectivity index (χ2n) is 5.59. The topological polar surface area (TPSA) is 80.3 Å². The Kier molecular flexibility index (Phi) is 6.02. The number of carbonyl (C=O) groups excluding carboxylic acids is 2. The summed E-state index contributed by atoms with van der Waals surface area (Å²) in [6.45, 7) is 0.385. The molecule has 6 nitrogen and oxygen atoms in total. The highest BCUT2D eigenvalue weighted by atomic mass is 35.5. The van der Waals surface area contributed by atoms with Crippen LogP contribution in [0.1, 0.15) is 26.3 Å². The van der Waals surface area contributed by atoms with Crippen molar-refractivity contribution in [2.75, 3.05) is 0 Å². The summed E-state index contributed by atoms with van der Waals surface area (Å²) in [5, 5.41) is 0.529. The lowest BCUT2D eigenvalue weighted by molar-refractivity contribution is 0.0846. The van der Waals surface area contributed by atoms with Gasteiger partial charge in [-0.2, -0.15) is 0 Å². The van der Waals surface area contributed by atoms with Crippen molar-refractivity contribution < 1.29 is 14.3 Å². The molecule has 1 heterocycles. The first-order chi connectivity index (χ1) is 13.1. The van der Waals surface area contributed by atoms with Gasteiger partial charge in [0.2, 0.25) is 0 Å². The highest BCUT2D eigenvalue weighted by Gasteiger charge is 2.09. The predicted octanol–water partition coefficient (Wildman–Crippen LogP) is 3.39. The summed E-state index contributed by atoms with van der Waals surface area (Å²) in [5.74, 6) is -0.242. The zero-order valence-corrected chi connectivity index (χ0v) is 14.9. The molecule has 2 amide bonds. The average molecular weight is 382 g/mol. The second kappa shape index (κ2) is 8.82. The van der Waals surface area contributed by atoms with Gasteiger partial charge in [-0.1, -0.05) is 17.7 Å². The van der Waals surface area contributed by atoms with Crippen LogP contribution in [0.2, 0.25) is 5.02 Å². The molecular weight excluding hydrogens is 366 g/mol. The summed E-state index contributed by atoms with van der Waals surface area (Å²) in [4.78, 5) is 28.1.